The summed E-state index contributed by atoms with van der Waals surface area (Å²) in [4.78, 5) is 0. The highest BCUT2D eigenvalue weighted by atomic mass is 79.9. The van der Waals surface area contributed by atoms with Crippen molar-refractivity contribution in [1.29, 1.82) is 0 Å². The Kier molecular flexibility index (Phi) is 4.52. The molecule has 1 rings (SSSR count). The van der Waals surface area contributed by atoms with Crippen LogP contribution in [0, 0.1) is 0 Å². The van der Waals surface area contributed by atoms with Crippen LogP contribution in [0.15, 0.2) is 15.2 Å². The minimum Gasteiger partial charge on any atom is -0.330 e. The summed E-state index contributed by atoms with van der Waals surface area (Å²) < 4.78 is 1.21. The molecule has 0 bridgehead atoms. The third kappa shape index (κ3) is 3.60. The molecule has 0 saturated carbocycles. The SMILES string of the molecule is NCCSCc1csc(Br)c1. The maximum atomic E-state index is 5.37. The Balaban J connectivity index is 2.27. The van der Waals surface area contributed by atoms with Crippen LogP contribution in [0.4, 0.5) is 0 Å². The Hall–Kier alpha value is 0.490. The second-order valence-corrected chi connectivity index (χ2v) is 5.50. The van der Waals surface area contributed by atoms with E-state index in [4.69, 9.17) is 5.73 Å². The van der Waals surface area contributed by atoms with Crippen LogP contribution in [0.5, 0.6) is 0 Å². The Bertz CT molecular complexity index is 212. The largest absolute Gasteiger partial charge is 0.330 e. The molecule has 4 heteroatoms. The number of thioether (sulfide) groups is 1. The summed E-state index contributed by atoms with van der Waals surface area (Å²) in [5, 5.41) is 2.17. The second kappa shape index (κ2) is 5.19. The van der Waals surface area contributed by atoms with Crippen LogP contribution in [0.1, 0.15) is 5.56 Å². The first-order valence-electron chi connectivity index (χ1n) is 3.33. The van der Waals surface area contributed by atoms with Crippen molar-refractivity contribution in [2.24, 2.45) is 5.73 Å². The summed E-state index contributed by atoms with van der Waals surface area (Å²) in [5.41, 5.74) is 6.76. The highest BCUT2D eigenvalue weighted by Crippen LogP contribution is 2.23. The lowest BCUT2D eigenvalue weighted by molar-refractivity contribution is 1.15. The molecule has 1 aromatic rings. The zero-order valence-electron chi connectivity index (χ0n) is 6.05. The van der Waals surface area contributed by atoms with E-state index in [2.05, 4.69) is 27.4 Å². The molecule has 1 nitrogen and oxygen atoms in total. The molecule has 0 saturated heterocycles. The second-order valence-electron chi connectivity index (χ2n) is 2.10. The van der Waals surface area contributed by atoms with Crippen LogP contribution in [-0.4, -0.2) is 12.3 Å². The number of hydrogen-bond acceptors (Lipinski definition) is 3. The molecule has 1 heterocycles. The average Bonchev–Trinajstić information content (AvgIpc) is 2.37. The van der Waals surface area contributed by atoms with Crippen LogP contribution in [0.25, 0.3) is 0 Å². The number of hydrogen-bond donors (Lipinski definition) is 1. The lowest BCUT2D eigenvalue weighted by Crippen LogP contribution is -2.01. The molecule has 0 aromatic carbocycles. The van der Waals surface area contributed by atoms with E-state index in [-0.39, 0.29) is 0 Å². The zero-order valence-corrected chi connectivity index (χ0v) is 9.27. The average molecular weight is 252 g/mol. The molecule has 0 unspecified atom stereocenters. The number of halogens is 1. The predicted molar refractivity (Wildman–Crippen MR) is 57.2 cm³/mol. The Labute approximate surface area is 83.5 Å². The monoisotopic (exact) mass is 251 g/mol. The molecular formula is C7H10BrNS2. The van der Waals surface area contributed by atoms with Gasteiger partial charge in [-0.05, 0) is 32.9 Å². The first-order chi connectivity index (χ1) is 5.33. The third-order valence-electron chi connectivity index (χ3n) is 1.15. The molecular weight excluding hydrogens is 242 g/mol. The molecule has 2 N–H and O–H groups in total. The van der Waals surface area contributed by atoms with E-state index in [9.17, 15) is 0 Å². The van der Waals surface area contributed by atoms with E-state index >= 15 is 0 Å². The topological polar surface area (TPSA) is 26.0 Å². The van der Waals surface area contributed by atoms with Crippen LogP contribution < -0.4 is 5.73 Å². The molecule has 0 radical (unpaired) electrons. The van der Waals surface area contributed by atoms with Gasteiger partial charge in [0.25, 0.3) is 0 Å². The van der Waals surface area contributed by atoms with Gasteiger partial charge in [-0.1, -0.05) is 0 Å². The van der Waals surface area contributed by atoms with Crippen molar-refractivity contribution in [2.45, 2.75) is 5.75 Å². The maximum absolute atomic E-state index is 5.37. The van der Waals surface area contributed by atoms with E-state index < -0.39 is 0 Å². The molecule has 0 aliphatic rings. The number of rotatable bonds is 4. The first-order valence-corrected chi connectivity index (χ1v) is 6.16. The summed E-state index contributed by atoms with van der Waals surface area (Å²) in [7, 11) is 0. The van der Waals surface area contributed by atoms with E-state index in [0.29, 0.717) is 0 Å². The maximum Gasteiger partial charge on any atom is 0.0701 e. The normalized spacial score (nSPS) is 10.4. The minimum atomic E-state index is 0.774. The van der Waals surface area contributed by atoms with E-state index in [1.807, 2.05) is 11.8 Å². The quantitative estimate of drug-likeness (QED) is 0.834. The fourth-order valence-corrected chi connectivity index (χ4v) is 2.72. The van der Waals surface area contributed by atoms with Crippen molar-refractivity contribution in [3.8, 4) is 0 Å². The molecule has 0 aliphatic heterocycles. The van der Waals surface area contributed by atoms with Crippen molar-refractivity contribution in [3.05, 3.63) is 20.8 Å². The molecule has 1 aromatic heterocycles. The van der Waals surface area contributed by atoms with Crippen molar-refractivity contribution < 1.29 is 0 Å². The Morgan fingerprint density at radius 3 is 3.00 bits per heavy atom. The highest BCUT2D eigenvalue weighted by Gasteiger charge is 1.95. The van der Waals surface area contributed by atoms with Crippen LogP contribution in [0.2, 0.25) is 0 Å². The molecule has 0 fully saturated rings. The van der Waals surface area contributed by atoms with Crippen molar-refractivity contribution in [2.75, 3.05) is 12.3 Å². The predicted octanol–water partition coefficient (Wildman–Crippen LogP) is 2.70. The molecule has 0 atom stereocenters. The van der Waals surface area contributed by atoms with Gasteiger partial charge in [0, 0.05) is 18.1 Å². The first kappa shape index (κ1) is 9.58. The van der Waals surface area contributed by atoms with Crippen LogP contribution in [0.3, 0.4) is 0 Å². The van der Waals surface area contributed by atoms with Gasteiger partial charge in [-0.15, -0.1) is 11.3 Å². The fraction of sp³-hybridized carbons (Fsp3) is 0.429. The van der Waals surface area contributed by atoms with Gasteiger partial charge in [0.1, 0.15) is 0 Å². The summed E-state index contributed by atoms with van der Waals surface area (Å²) in [6.07, 6.45) is 0. The smallest absolute Gasteiger partial charge is 0.0701 e. The van der Waals surface area contributed by atoms with E-state index in [0.717, 1.165) is 18.1 Å². The van der Waals surface area contributed by atoms with Gasteiger partial charge in [0.15, 0.2) is 0 Å². The fourth-order valence-electron chi connectivity index (χ4n) is 0.695. The molecule has 0 spiro atoms. The van der Waals surface area contributed by atoms with Gasteiger partial charge < -0.3 is 5.73 Å². The van der Waals surface area contributed by atoms with Crippen molar-refractivity contribution >= 4 is 39.0 Å². The molecule has 0 amide bonds. The van der Waals surface area contributed by atoms with Gasteiger partial charge >= 0.3 is 0 Å². The van der Waals surface area contributed by atoms with Gasteiger partial charge in [-0.25, -0.2) is 0 Å². The minimum absolute atomic E-state index is 0.774. The van der Waals surface area contributed by atoms with E-state index in [1.165, 1.54) is 9.35 Å². The summed E-state index contributed by atoms with van der Waals surface area (Å²) in [6, 6.07) is 2.16. The summed E-state index contributed by atoms with van der Waals surface area (Å²) in [6.45, 7) is 0.774. The van der Waals surface area contributed by atoms with Crippen LogP contribution in [-0.2, 0) is 5.75 Å². The van der Waals surface area contributed by atoms with Gasteiger partial charge in [-0.2, -0.15) is 11.8 Å². The van der Waals surface area contributed by atoms with Crippen LogP contribution >= 0.6 is 39.0 Å². The Morgan fingerprint density at radius 2 is 2.45 bits per heavy atom. The van der Waals surface area contributed by atoms with Gasteiger partial charge in [0.2, 0.25) is 0 Å². The summed E-state index contributed by atoms with van der Waals surface area (Å²) >= 11 is 7.04. The lowest BCUT2D eigenvalue weighted by atomic mass is 10.4. The number of thiophene rings is 1. The van der Waals surface area contributed by atoms with Crippen molar-refractivity contribution in [1.82, 2.24) is 0 Å². The number of nitrogens with two attached hydrogens (primary N) is 1. The molecule has 11 heavy (non-hydrogen) atoms. The lowest BCUT2D eigenvalue weighted by Gasteiger charge is -1.94. The highest BCUT2D eigenvalue weighted by molar-refractivity contribution is 9.11. The van der Waals surface area contributed by atoms with Gasteiger partial charge in [0.05, 0.1) is 3.79 Å². The Morgan fingerprint density at radius 1 is 1.64 bits per heavy atom. The summed E-state index contributed by atoms with van der Waals surface area (Å²) in [5.74, 6) is 2.13. The van der Waals surface area contributed by atoms with Gasteiger partial charge in [-0.3, -0.25) is 0 Å². The zero-order chi connectivity index (χ0) is 8.10. The molecule has 62 valence electrons. The van der Waals surface area contributed by atoms with E-state index in [1.54, 1.807) is 11.3 Å². The third-order valence-corrected chi connectivity index (χ3v) is 3.77. The molecule has 0 aliphatic carbocycles. The standard InChI is InChI=1S/C7H10BrNS2/c8-7-3-6(5-11-7)4-10-2-1-9/h3,5H,1-2,4,9H2. The van der Waals surface area contributed by atoms with Crippen molar-refractivity contribution in [3.63, 3.8) is 0 Å².